The van der Waals surface area contributed by atoms with Crippen molar-refractivity contribution in [3.8, 4) is 0 Å². The third-order valence-electron chi connectivity index (χ3n) is 5.86. The Kier molecular flexibility index (Phi) is 7.02. The number of carbonyl (C=O) groups excluding carboxylic acids is 1. The van der Waals surface area contributed by atoms with E-state index in [1.807, 2.05) is 43.3 Å². The number of rotatable bonds is 5. The lowest BCUT2D eigenvalue weighted by Crippen LogP contribution is -2.47. The van der Waals surface area contributed by atoms with Crippen molar-refractivity contribution in [2.24, 2.45) is 5.41 Å². The fourth-order valence-electron chi connectivity index (χ4n) is 3.87. The number of hydrazine groups is 1. The minimum Gasteiger partial charge on any atom is -0.382 e. The summed E-state index contributed by atoms with van der Waals surface area (Å²) in [5.74, 6) is -0.0211. The van der Waals surface area contributed by atoms with Gasteiger partial charge in [-0.25, -0.2) is 5.43 Å². The van der Waals surface area contributed by atoms with Gasteiger partial charge in [0.15, 0.2) is 0 Å². The summed E-state index contributed by atoms with van der Waals surface area (Å²) in [6, 6.07) is 11.8. The van der Waals surface area contributed by atoms with Crippen LogP contribution in [0.5, 0.6) is 0 Å². The molecule has 0 unspecified atom stereocenters. The molecule has 2 N–H and O–H groups in total. The SMILES string of the molecule is CCN1NCC(C)(C)CNc2c(c(Sc3ccncc3)n(Cc3ccc(Cl)cc3)c2C)C1=O. The van der Waals surface area contributed by atoms with Crippen molar-refractivity contribution in [3.05, 3.63) is 70.6 Å². The number of fused-ring (bicyclic) bond motifs is 1. The average molecular weight is 484 g/mol. The molecular formula is C25H30ClN5OS. The molecule has 6 nitrogen and oxygen atoms in total. The molecule has 4 rings (SSSR count). The van der Waals surface area contributed by atoms with Crippen LogP contribution in [0.4, 0.5) is 5.69 Å². The molecule has 33 heavy (non-hydrogen) atoms. The second-order valence-electron chi connectivity index (χ2n) is 9.04. The summed E-state index contributed by atoms with van der Waals surface area (Å²) >= 11 is 7.71. The molecule has 1 aromatic carbocycles. The molecule has 3 heterocycles. The molecule has 0 atom stereocenters. The highest BCUT2D eigenvalue weighted by Crippen LogP contribution is 2.40. The first-order valence-corrected chi connectivity index (χ1v) is 12.3. The van der Waals surface area contributed by atoms with Crippen molar-refractivity contribution in [2.45, 2.75) is 44.2 Å². The highest BCUT2D eigenvalue weighted by Gasteiger charge is 2.32. The number of hydrogen-bond acceptors (Lipinski definition) is 5. The maximum absolute atomic E-state index is 13.8. The minimum atomic E-state index is -0.0293. The number of nitrogens with one attached hydrogen (secondary N) is 2. The Morgan fingerprint density at radius 2 is 1.82 bits per heavy atom. The van der Waals surface area contributed by atoms with Crippen molar-refractivity contribution in [2.75, 3.05) is 25.0 Å². The van der Waals surface area contributed by atoms with Crippen LogP contribution in [0.15, 0.2) is 58.7 Å². The molecule has 0 aliphatic carbocycles. The van der Waals surface area contributed by atoms with Crippen LogP contribution in [0.2, 0.25) is 5.02 Å². The molecule has 0 spiro atoms. The molecule has 0 bridgehead atoms. The predicted molar refractivity (Wildman–Crippen MR) is 135 cm³/mol. The summed E-state index contributed by atoms with van der Waals surface area (Å²) in [7, 11) is 0. The van der Waals surface area contributed by atoms with Crippen LogP contribution < -0.4 is 10.7 Å². The van der Waals surface area contributed by atoms with Crippen LogP contribution in [0.3, 0.4) is 0 Å². The molecule has 3 aromatic rings. The third-order valence-corrected chi connectivity index (χ3v) is 7.24. The van der Waals surface area contributed by atoms with E-state index >= 15 is 0 Å². The maximum atomic E-state index is 13.8. The Bertz CT molecular complexity index is 1130. The van der Waals surface area contributed by atoms with Gasteiger partial charge in [0.05, 0.1) is 16.3 Å². The van der Waals surface area contributed by atoms with Crippen LogP contribution >= 0.6 is 23.4 Å². The number of hydrogen-bond donors (Lipinski definition) is 2. The third kappa shape index (κ3) is 5.21. The largest absolute Gasteiger partial charge is 0.382 e. The molecular weight excluding hydrogens is 454 g/mol. The Hall–Kier alpha value is -2.48. The fraction of sp³-hybridized carbons (Fsp3) is 0.360. The molecule has 0 radical (unpaired) electrons. The zero-order chi connectivity index (χ0) is 23.6. The van der Waals surface area contributed by atoms with E-state index < -0.39 is 0 Å². The summed E-state index contributed by atoms with van der Waals surface area (Å²) < 4.78 is 2.23. The number of halogens is 1. The van der Waals surface area contributed by atoms with Crippen molar-refractivity contribution >= 4 is 35.0 Å². The first-order chi connectivity index (χ1) is 15.8. The highest BCUT2D eigenvalue weighted by atomic mass is 35.5. The van der Waals surface area contributed by atoms with Gasteiger partial charge >= 0.3 is 0 Å². The van der Waals surface area contributed by atoms with Gasteiger partial charge in [-0.05, 0) is 49.1 Å². The van der Waals surface area contributed by atoms with Crippen LogP contribution in [0.25, 0.3) is 0 Å². The quantitative estimate of drug-likeness (QED) is 0.504. The molecule has 0 fully saturated rings. The van der Waals surface area contributed by atoms with Crippen molar-refractivity contribution in [1.29, 1.82) is 0 Å². The van der Waals surface area contributed by atoms with E-state index in [0.717, 1.165) is 33.4 Å². The smallest absolute Gasteiger partial charge is 0.272 e. The molecule has 174 valence electrons. The zero-order valence-corrected chi connectivity index (χ0v) is 21.1. The Balaban J connectivity index is 1.88. The summed E-state index contributed by atoms with van der Waals surface area (Å²) in [6.07, 6.45) is 3.55. The van der Waals surface area contributed by atoms with Crippen molar-refractivity contribution in [1.82, 2.24) is 20.0 Å². The predicted octanol–water partition coefficient (Wildman–Crippen LogP) is 5.46. The van der Waals surface area contributed by atoms with Gasteiger partial charge in [-0.3, -0.25) is 14.8 Å². The summed E-state index contributed by atoms with van der Waals surface area (Å²) in [6.45, 7) is 11.2. The van der Waals surface area contributed by atoms with Crippen molar-refractivity contribution < 1.29 is 4.79 Å². The number of pyridine rings is 1. The van der Waals surface area contributed by atoms with E-state index in [1.165, 1.54) is 0 Å². The van der Waals surface area contributed by atoms with Crippen LogP contribution in [-0.4, -0.2) is 40.1 Å². The number of carbonyl (C=O) groups is 1. The Labute approximate surface area is 204 Å². The van der Waals surface area contributed by atoms with E-state index in [4.69, 9.17) is 11.6 Å². The van der Waals surface area contributed by atoms with Gasteiger partial charge in [0.25, 0.3) is 5.91 Å². The average Bonchev–Trinajstić information content (AvgIpc) is 3.07. The Morgan fingerprint density at radius 3 is 2.48 bits per heavy atom. The second-order valence-corrected chi connectivity index (χ2v) is 10.5. The van der Waals surface area contributed by atoms with Gasteiger partial charge in [-0.2, -0.15) is 0 Å². The molecule has 2 aromatic heterocycles. The monoisotopic (exact) mass is 483 g/mol. The Morgan fingerprint density at radius 1 is 1.12 bits per heavy atom. The van der Waals surface area contributed by atoms with E-state index in [2.05, 4.69) is 41.1 Å². The summed E-state index contributed by atoms with van der Waals surface area (Å²) in [4.78, 5) is 19.0. The van der Waals surface area contributed by atoms with E-state index in [9.17, 15) is 4.79 Å². The first-order valence-electron chi connectivity index (χ1n) is 11.1. The molecule has 0 saturated carbocycles. The van der Waals surface area contributed by atoms with E-state index in [-0.39, 0.29) is 11.3 Å². The number of anilines is 1. The summed E-state index contributed by atoms with van der Waals surface area (Å²) in [5.41, 5.74) is 7.11. The lowest BCUT2D eigenvalue weighted by Gasteiger charge is -2.28. The first kappa shape index (κ1) is 23.7. The minimum absolute atomic E-state index is 0.0211. The molecule has 1 amide bonds. The van der Waals surface area contributed by atoms with Gasteiger partial charge in [0.1, 0.15) is 0 Å². The number of nitrogens with zero attached hydrogens (tertiary/aromatic N) is 3. The van der Waals surface area contributed by atoms with Crippen LogP contribution in [-0.2, 0) is 6.54 Å². The normalized spacial score (nSPS) is 15.9. The van der Waals surface area contributed by atoms with Gasteiger partial charge in [-0.1, -0.05) is 49.3 Å². The van der Waals surface area contributed by atoms with Gasteiger partial charge in [0, 0.05) is 54.2 Å². The van der Waals surface area contributed by atoms with E-state index in [1.54, 1.807) is 29.2 Å². The van der Waals surface area contributed by atoms with Crippen LogP contribution in [0.1, 0.15) is 42.4 Å². The highest BCUT2D eigenvalue weighted by molar-refractivity contribution is 7.99. The number of benzene rings is 1. The lowest BCUT2D eigenvalue weighted by molar-refractivity contribution is 0.0642. The fourth-order valence-corrected chi connectivity index (χ4v) is 5.08. The maximum Gasteiger partial charge on any atom is 0.272 e. The topological polar surface area (TPSA) is 62.2 Å². The van der Waals surface area contributed by atoms with Crippen LogP contribution in [0, 0.1) is 12.3 Å². The standard InChI is InChI=1S/C25H30ClN5OS/c1-5-31-23(32)21-22(28-15-25(3,4)16-29-31)17(2)30(14-18-6-8-19(26)9-7-18)24(21)33-20-10-12-27-13-11-20/h6-13,28-29H,5,14-16H2,1-4H3. The molecule has 1 aliphatic rings. The molecule has 1 aliphatic heterocycles. The summed E-state index contributed by atoms with van der Waals surface area (Å²) in [5, 5.41) is 6.99. The van der Waals surface area contributed by atoms with Gasteiger partial charge in [0.2, 0.25) is 0 Å². The van der Waals surface area contributed by atoms with E-state index in [0.29, 0.717) is 30.2 Å². The molecule has 8 heteroatoms. The second kappa shape index (κ2) is 9.79. The molecule has 0 saturated heterocycles. The zero-order valence-electron chi connectivity index (χ0n) is 19.5. The number of aromatic nitrogens is 2. The number of amides is 1. The lowest BCUT2D eigenvalue weighted by atomic mass is 9.93. The van der Waals surface area contributed by atoms with Crippen molar-refractivity contribution in [3.63, 3.8) is 0 Å². The van der Waals surface area contributed by atoms with Gasteiger partial charge in [-0.15, -0.1) is 0 Å². The van der Waals surface area contributed by atoms with Gasteiger partial charge < -0.3 is 9.88 Å².